The van der Waals surface area contributed by atoms with Crippen LogP contribution in [0.5, 0.6) is 0 Å². The molecule has 3 heterocycles. The molecule has 0 spiro atoms. The number of aromatic nitrogens is 2. The Morgan fingerprint density at radius 1 is 1.34 bits per heavy atom. The number of thiophene rings is 1. The number of amides is 1. The third-order valence-electron chi connectivity index (χ3n) is 5.82. The standard InChI is InChI=1S/C24H24ClN3O3S/c1-13-4-6-16(11-19(13)25)10-18(29)8-7-17-12-32-22-21(17)27-15(3)28(24(22)31)20-9-5-14(2)26-23(20)30/h4,6,11-12,20H,2,5,7-10H2,1,3H3,(H,26,30). The van der Waals surface area contributed by atoms with Gasteiger partial charge in [-0.1, -0.05) is 30.3 Å². The van der Waals surface area contributed by atoms with Gasteiger partial charge in [-0.3, -0.25) is 19.0 Å². The number of hydrogen-bond acceptors (Lipinski definition) is 5. The van der Waals surface area contributed by atoms with Crippen molar-refractivity contribution in [3.8, 4) is 0 Å². The number of benzene rings is 1. The number of piperidine rings is 1. The van der Waals surface area contributed by atoms with Crippen molar-refractivity contribution < 1.29 is 9.59 Å². The van der Waals surface area contributed by atoms with Crippen LogP contribution in [0.3, 0.4) is 0 Å². The number of hydrogen-bond donors (Lipinski definition) is 1. The molecular weight excluding hydrogens is 446 g/mol. The molecule has 1 aliphatic rings. The number of carbonyl (C=O) groups excluding carboxylic acids is 2. The molecule has 1 fully saturated rings. The Kier molecular flexibility index (Phi) is 6.31. The van der Waals surface area contributed by atoms with Crippen molar-refractivity contribution in [3.05, 3.63) is 73.7 Å². The molecular formula is C24H24ClN3O3S. The van der Waals surface area contributed by atoms with Crippen molar-refractivity contribution in [2.45, 2.75) is 52.0 Å². The summed E-state index contributed by atoms with van der Waals surface area (Å²) in [7, 11) is 0. The van der Waals surface area contributed by atoms with Gasteiger partial charge in [0.2, 0.25) is 5.91 Å². The van der Waals surface area contributed by atoms with E-state index in [1.165, 1.54) is 15.9 Å². The summed E-state index contributed by atoms with van der Waals surface area (Å²) in [4.78, 5) is 42.8. The Morgan fingerprint density at radius 2 is 2.12 bits per heavy atom. The van der Waals surface area contributed by atoms with Crippen molar-refractivity contribution in [2.24, 2.45) is 0 Å². The molecule has 166 valence electrons. The Morgan fingerprint density at radius 3 is 2.84 bits per heavy atom. The van der Waals surface area contributed by atoms with E-state index in [1.54, 1.807) is 6.92 Å². The summed E-state index contributed by atoms with van der Waals surface area (Å²) in [6.07, 6.45) is 2.34. The first-order valence-corrected chi connectivity index (χ1v) is 11.7. The van der Waals surface area contributed by atoms with Gasteiger partial charge in [0.05, 0.1) is 5.52 Å². The number of nitrogens with one attached hydrogen (secondary N) is 1. The summed E-state index contributed by atoms with van der Waals surface area (Å²) in [5.74, 6) is 0.370. The minimum atomic E-state index is -0.585. The summed E-state index contributed by atoms with van der Waals surface area (Å²) < 4.78 is 2.00. The highest BCUT2D eigenvalue weighted by atomic mass is 35.5. The number of halogens is 1. The SMILES string of the molecule is C=C1CCC(n2c(C)nc3c(CCC(=O)Cc4ccc(C)c(Cl)c4)csc3c2=O)C(=O)N1. The molecule has 1 atom stereocenters. The fraction of sp³-hybridized carbons (Fsp3) is 0.333. The topological polar surface area (TPSA) is 81.1 Å². The van der Waals surface area contributed by atoms with E-state index in [2.05, 4.69) is 16.9 Å². The maximum Gasteiger partial charge on any atom is 0.272 e. The number of aryl methyl sites for hydroxylation is 3. The van der Waals surface area contributed by atoms with E-state index in [9.17, 15) is 14.4 Å². The predicted octanol–water partition coefficient (Wildman–Crippen LogP) is 4.44. The van der Waals surface area contributed by atoms with Gasteiger partial charge in [-0.25, -0.2) is 4.98 Å². The smallest absolute Gasteiger partial charge is 0.272 e. The zero-order valence-corrected chi connectivity index (χ0v) is 19.6. The van der Waals surface area contributed by atoms with Crippen LogP contribution in [0.1, 0.15) is 47.8 Å². The van der Waals surface area contributed by atoms with Crippen molar-refractivity contribution in [3.63, 3.8) is 0 Å². The Hall–Kier alpha value is -2.77. The maximum absolute atomic E-state index is 13.2. The quantitative estimate of drug-likeness (QED) is 0.578. The number of nitrogens with zero attached hydrogens (tertiary/aromatic N) is 2. The third-order valence-corrected chi connectivity index (χ3v) is 7.23. The molecule has 3 aromatic rings. The monoisotopic (exact) mass is 469 g/mol. The van der Waals surface area contributed by atoms with E-state index >= 15 is 0 Å². The van der Waals surface area contributed by atoms with E-state index in [4.69, 9.17) is 11.6 Å². The van der Waals surface area contributed by atoms with Gasteiger partial charge in [0.15, 0.2) is 0 Å². The second-order valence-corrected chi connectivity index (χ2v) is 9.51. The zero-order valence-electron chi connectivity index (χ0n) is 18.0. The lowest BCUT2D eigenvalue weighted by atomic mass is 10.0. The first kappa shape index (κ1) is 22.4. The lowest BCUT2D eigenvalue weighted by Gasteiger charge is -2.26. The molecule has 1 unspecified atom stereocenters. The largest absolute Gasteiger partial charge is 0.329 e. The fourth-order valence-electron chi connectivity index (χ4n) is 4.02. The number of carbonyl (C=O) groups is 2. The van der Waals surface area contributed by atoms with Crippen molar-refractivity contribution >= 4 is 44.8 Å². The molecule has 1 aromatic carbocycles. The normalized spacial score (nSPS) is 16.4. The molecule has 32 heavy (non-hydrogen) atoms. The lowest BCUT2D eigenvalue weighted by Crippen LogP contribution is -2.41. The summed E-state index contributed by atoms with van der Waals surface area (Å²) in [6, 6.07) is 5.08. The fourth-order valence-corrected chi connectivity index (χ4v) is 5.20. The van der Waals surface area contributed by atoms with Crippen LogP contribution in [0.25, 0.3) is 10.2 Å². The summed E-state index contributed by atoms with van der Waals surface area (Å²) >= 11 is 7.47. The molecule has 0 saturated carbocycles. The lowest BCUT2D eigenvalue weighted by molar-refractivity contribution is -0.125. The first-order valence-electron chi connectivity index (χ1n) is 10.5. The molecule has 1 aliphatic heterocycles. The summed E-state index contributed by atoms with van der Waals surface area (Å²) in [6.45, 7) is 7.46. The van der Waals surface area contributed by atoms with Gasteiger partial charge < -0.3 is 5.32 Å². The van der Waals surface area contributed by atoms with E-state index in [-0.39, 0.29) is 17.2 Å². The number of ketones is 1. The van der Waals surface area contributed by atoms with Gasteiger partial charge in [0, 0.05) is 23.6 Å². The maximum atomic E-state index is 13.2. The average molecular weight is 470 g/mol. The van der Waals surface area contributed by atoms with Gasteiger partial charge in [0.25, 0.3) is 5.56 Å². The Balaban J connectivity index is 1.53. The highest BCUT2D eigenvalue weighted by Gasteiger charge is 2.29. The molecule has 1 amide bonds. The number of fused-ring (bicyclic) bond motifs is 1. The Labute approximate surface area is 194 Å². The van der Waals surface area contributed by atoms with E-state index in [0.29, 0.717) is 58.9 Å². The molecule has 6 nitrogen and oxygen atoms in total. The van der Waals surface area contributed by atoms with Crippen LogP contribution in [0.2, 0.25) is 5.02 Å². The third kappa shape index (κ3) is 4.40. The van der Waals surface area contributed by atoms with Gasteiger partial charge in [-0.05, 0) is 61.2 Å². The highest BCUT2D eigenvalue weighted by molar-refractivity contribution is 7.17. The van der Waals surface area contributed by atoms with Crippen LogP contribution in [-0.4, -0.2) is 21.2 Å². The highest BCUT2D eigenvalue weighted by Crippen LogP contribution is 2.27. The molecule has 0 bridgehead atoms. The van der Waals surface area contributed by atoms with Gasteiger partial charge >= 0.3 is 0 Å². The molecule has 1 N–H and O–H groups in total. The van der Waals surface area contributed by atoms with E-state index in [0.717, 1.165) is 16.7 Å². The molecule has 0 aliphatic carbocycles. The number of rotatable bonds is 6. The minimum Gasteiger partial charge on any atom is -0.329 e. The molecule has 8 heteroatoms. The van der Waals surface area contributed by atoms with Gasteiger partial charge in [-0.2, -0.15) is 0 Å². The van der Waals surface area contributed by atoms with Crippen molar-refractivity contribution in [1.82, 2.24) is 14.9 Å². The Bertz CT molecular complexity index is 1310. The zero-order chi connectivity index (χ0) is 23.0. The number of allylic oxidation sites excluding steroid dienone is 1. The summed E-state index contributed by atoms with van der Waals surface area (Å²) in [5, 5.41) is 5.28. The minimum absolute atomic E-state index is 0.105. The van der Waals surface area contributed by atoms with Gasteiger partial charge in [0.1, 0.15) is 22.3 Å². The molecule has 2 aromatic heterocycles. The number of Topliss-reactive ketones (excluding diaryl/α,β-unsaturated/α-hetero) is 1. The molecule has 4 rings (SSSR count). The van der Waals surface area contributed by atoms with Crippen LogP contribution in [0, 0.1) is 13.8 Å². The summed E-state index contributed by atoms with van der Waals surface area (Å²) in [5.41, 5.74) is 3.84. The molecule has 1 saturated heterocycles. The second-order valence-electron chi connectivity index (χ2n) is 8.22. The second kappa shape index (κ2) is 9.00. The van der Waals surface area contributed by atoms with Gasteiger partial charge in [-0.15, -0.1) is 11.3 Å². The van der Waals surface area contributed by atoms with Crippen LogP contribution >= 0.6 is 22.9 Å². The van der Waals surface area contributed by atoms with E-state index < -0.39 is 6.04 Å². The van der Waals surface area contributed by atoms with Crippen LogP contribution in [-0.2, 0) is 22.4 Å². The van der Waals surface area contributed by atoms with Crippen molar-refractivity contribution in [2.75, 3.05) is 0 Å². The van der Waals surface area contributed by atoms with Crippen molar-refractivity contribution in [1.29, 1.82) is 0 Å². The van der Waals surface area contributed by atoms with Crippen LogP contribution in [0.4, 0.5) is 0 Å². The average Bonchev–Trinajstić information content (AvgIpc) is 3.13. The van der Waals surface area contributed by atoms with E-state index in [1.807, 2.05) is 30.5 Å². The van der Waals surface area contributed by atoms with Crippen LogP contribution < -0.4 is 10.9 Å². The predicted molar refractivity (Wildman–Crippen MR) is 127 cm³/mol. The first-order chi connectivity index (χ1) is 15.2. The molecule has 0 radical (unpaired) electrons. The van der Waals surface area contributed by atoms with Crippen LogP contribution in [0.15, 0.2) is 40.6 Å².